The van der Waals surface area contributed by atoms with Crippen LogP contribution in [0.25, 0.3) is 0 Å². The molecule has 3 heteroatoms. The summed E-state index contributed by atoms with van der Waals surface area (Å²) in [6, 6.07) is 8.26. The van der Waals surface area contributed by atoms with Gasteiger partial charge in [-0.25, -0.2) is 0 Å². The second-order valence-electron chi connectivity index (χ2n) is 2.95. The molecular formula is C9H6N2S. The molecule has 12 heavy (non-hydrogen) atoms. The third kappa shape index (κ3) is 0.776. The Morgan fingerprint density at radius 1 is 1.58 bits per heavy atom. The Hall–Kier alpha value is -1.32. The Kier molecular flexibility index (Phi) is 1.43. The fourth-order valence-electron chi connectivity index (χ4n) is 1.40. The summed E-state index contributed by atoms with van der Waals surface area (Å²) in [5, 5.41) is 19.6. The van der Waals surface area contributed by atoms with E-state index in [0.29, 0.717) is 6.42 Å². The molecule has 0 bridgehead atoms. The molecule has 0 radical (unpaired) electrons. The minimum Gasteiger partial charge on any atom is -0.198 e. The van der Waals surface area contributed by atoms with Crippen LogP contribution < -0.4 is 0 Å². The first kappa shape index (κ1) is 7.34. The maximum Gasteiger partial charge on any atom is 0.108 e. The molecule has 0 aromatic carbocycles. The van der Waals surface area contributed by atoms with Gasteiger partial charge in [-0.1, -0.05) is 6.07 Å². The first-order valence-electron chi connectivity index (χ1n) is 3.68. The standard InChI is InChI=1S/C9H6N2S/c10-5-7-4-9(7,6-11)8-2-1-3-12-8/h1-3,7H,4H2/t7-,9-/m0/s1. The van der Waals surface area contributed by atoms with E-state index in [1.165, 1.54) is 0 Å². The van der Waals surface area contributed by atoms with E-state index < -0.39 is 5.41 Å². The highest BCUT2D eigenvalue weighted by molar-refractivity contribution is 7.10. The zero-order chi connectivity index (χ0) is 8.60. The molecule has 2 nitrogen and oxygen atoms in total. The molecule has 0 aliphatic heterocycles. The predicted molar refractivity (Wildman–Crippen MR) is 45.3 cm³/mol. The van der Waals surface area contributed by atoms with Crippen LogP contribution in [-0.2, 0) is 5.41 Å². The molecule has 0 amide bonds. The quantitative estimate of drug-likeness (QED) is 0.654. The van der Waals surface area contributed by atoms with E-state index in [1.807, 2.05) is 17.5 Å². The number of hydrogen-bond donors (Lipinski definition) is 0. The Morgan fingerprint density at radius 2 is 2.42 bits per heavy atom. The van der Waals surface area contributed by atoms with Crippen LogP contribution in [0.2, 0.25) is 0 Å². The van der Waals surface area contributed by atoms with Crippen molar-refractivity contribution in [2.75, 3.05) is 0 Å². The third-order valence-corrected chi connectivity index (χ3v) is 3.32. The van der Waals surface area contributed by atoms with Gasteiger partial charge in [-0.3, -0.25) is 0 Å². The van der Waals surface area contributed by atoms with Crippen molar-refractivity contribution < 1.29 is 0 Å². The third-order valence-electron chi connectivity index (χ3n) is 2.28. The van der Waals surface area contributed by atoms with Gasteiger partial charge in [0.25, 0.3) is 0 Å². The lowest BCUT2D eigenvalue weighted by Gasteiger charge is -1.99. The Bertz CT molecular complexity index is 368. The predicted octanol–water partition coefficient (Wildman–Crippen LogP) is 2.05. The van der Waals surface area contributed by atoms with Crippen molar-refractivity contribution in [2.24, 2.45) is 5.92 Å². The molecule has 0 spiro atoms. The lowest BCUT2D eigenvalue weighted by atomic mass is 10.0. The monoisotopic (exact) mass is 174 g/mol. The second kappa shape index (κ2) is 2.33. The van der Waals surface area contributed by atoms with Crippen molar-refractivity contribution in [1.82, 2.24) is 0 Å². The van der Waals surface area contributed by atoms with Gasteiger partial charge in [0.05, 0.1) is 18.1 Å². The van der Waals surface area contributed by atoms with Crippen molar-refractivity contribution >= 4 is 11.3 Å². The van der Waals surface area contributed by atoms with Crippen LogP contribution in [0.15, 0.2) is 17.5 Å². The lowest BCUT2D eigenvalue weighted by Crippen LogP contribution is -2.02. The van der Waals surface area contributed by atoms with E-state index in [4.69, 9.17) is 10.5 Å². The van der Waals surface area contributed by atoms with Gasteiger partial charge in [0, 0.05) is 4.88 Å². The summed E-state index contributed by atoms with van der Waals surface area (Å²) in [6.07, 6.45) is 0.709. The summed E-state index contributed by atoms with van der Waals surface area (Å²) in [7, 11) is 0. The van der Waals surface area contributed by atoms with Gasteiger partial charge in [-0.05, 0) is 17.9 Å². The van der Waals surface area contributed by atoms with Crippen LogP contribution in [0.3, 0.4) is 0 Å². The summed E-state index contributed by atoms with van der Waals surface area (Å²) in [5.41, 5.74) is -0.455. The highest BCUT2D eigenvalue weighted by Gasteiger charge is 2.57. The maximum absolute atomic E-state index is 8.94. The normalized spacial score (nSPS) is 32.0. The van der Waals surface area contributed by atoms with Gasteiger partial charge in [0.1, 0.15) is 5.41 Å². The van der Waals surface area contributed by atoms with Gasteiger partial charge in [0.2, 0.25) is 0 Å². The average molecular weight is 174 g/mol. The summed E-state index contributed by atoms with van der Waals surface area (Å²) in [4.78, 5) is 1.04. The van der Waals surface area contributed by atoms with E-state index in [1.54, 1.807) is 11.3 Å². The molecule has 1 aliphatic rings. The summed E-state index contributed by atoms with van der Waals surface area (Å²) in [6.45, 7) is 0. The summed E-state index contributed by atoms with van der Waals surface area (Å²) >= 11 is 1.56. The number of rotatable bonds is 1. The van der Waals surface area contributed by atoms with Crippen LogP contribution in [-0.4, -0.2) is 0 Å². The highest BCUT2D eigenvalue weighted by atomic mass is 32.1. The number of thiophene rings is 1. The van der Waals surface area contributed by atoms with Crippen molar-refractivity contribution in [3.05, 3.63) is 22.4 Å². The first-order valence-corrected chi connectivity index (χ1v) is 4.56. The Balaban J connectivity index is 2.37. The number of nitrogens with zero attached hydrogens (tertiary/aromatic N) is 2. The molecule has 0 unspecified atom stereocenters. The average Bonchev–Trinajstić information content (AvgIpc) is 2.57. The fourth-order valence-corrected chi connectivity index (χ4v) is 2.34. The van der Waals surface area contributed by atoms with E-state index in [0.717, 1.165) is 4.88 Å². The smallest absolute Gasteiger partial charge is 0.108 e. The number of hydrogen-bond acceptors (Lipinski definition) is 3. The zero-order valence-electron chi connectivity index (χ0n) is 6.32. The lowest BCUT2D eigenvalue weighted by molar-refractivity contribution is 0.871. The van der Waals surface area contributed by atoms with Crippen LogP contribution in [0.1, 0.15) is 11.3 Å². The molecule has 1 aromatic heterocycles. The molecule has 1 fully saturated rings. The fraction of sp³-hybridized carbons (Fsp3) is 0.333. The van der Waals surface area contributed by atoms with Gasteiger partial charge in [-0.2, -0.15) is 10.5 Å². The molecule has 1 aromatic rings. The minimum absolute atomic E-state index is 0.0823. The maximum atomic E-state index is 8.94. The summed E-state index contributed by atoms with van der Waals surface area (Å²) < 4.78 is 0. The Morgan fingerprint density at radius 3 is 2.83 bits per heavy atom. The van der Waals surface area contributed by atoms with Gasteiger partial charge in [0.15, 0.2) is 0 Å². The molecule has 1 heterocycles. The largest absolute Gasteiger partial charge is 0.198 e. The molecule has 2 atom stereocenters. The van der Waals surface area contributed by atoms with E-state index in [-0.39, 0.29) is 5.92 Å². The Labute approximate surface area is 74.7 Å². The minimum atomic E-state index is -0.455. The van der Waals surface area contributed by atoms with Crippen molar-refractivity contribution in [3.8, 4) is 12.1 Å². The molecule has 1 aliphatic carbocycles. The zero-order valence-corrected chi connectivity index (χ0v) is 7.14. The molecule has 1 saturated carbocycles. The molecule has 0 saturated heterocycles. The molecule has 2 rings (SSSR count). The van der Waals surface area contributed by atoms with Gasteiger partial charge in [-0.15, -0.1) is 11.3 Å². The molecule has 0 N–H and O–H groups in total. The summed E-state index contributed by atoms with van der Waals surface area (Å²) in [5.74, 6) is -0.0823. The van der Waals surface area contributed by atoms with Crippen LogP contribution in [0, 0.1) is 28.6 Å². The van der Waals surface area contributed by atoms with E-state index >= 15 is 0 Å². The van der Waals surface area contributed by atoms with Crippen molar-refractivity contribution in [1.29, 1.82) is 10.5 Å². The van der Waals surface area contributed by atoms with Crippen LogP contribution in [0.5, 0.6) is 0 Å². The second-order valence-corrected chi connectivity index (χ2v) is 3.89. The van der Waals surface area contributed by atoms with E-state index in [9.17, 15) is 0 Å². The van der Waals surface area contributed by atoms with Gasteiger partial charge < -0.3 is 0 Å². The molecular weight excluding hydrogens is 168 g/mol. The van der Waals surface area contributed by atoms with Crippen molar-refractivity contribution in [2.45, 2.75) is 11.8 Å². The van der Waals surface area contributed by atoms with Crippen LogP contribution >= 0.6 is 11.3 Å². The number of nitriles is 2. The first-order chi connectivity index (χ1) is 5.83. The molecule has 58 valence electrons. The topological polar surface area (TPSA) is 47.6 Å². The SMILES string of the molecule is N#C[C@@H]1C[C@@]1(C#N)c1cccs1. The van der Waals surface area contributed by atoms with Crippen molar-refractivity contribution in [3.63, 3.8) is 0 Å². The van der Waals surface area contributed by atoms with Gasteiger partial charge >= 0.3 is 0 Å². The van der Waals surface area contributed by atoms with Crippen LogP contribution in [0.4, 0.5) is 0 Å². The van der Waals surface area contributed by atoms with E-state index in [2.05, 4.69) is 12.1 Å². The highest BCUT2D eigenvalue weighted by Crippen LogP contribution is 2.54.